The van der Waals surface area contributed by atoms with Crippen molar-refractivity contribution < 1.29 is 9.53 Å². The normalized spacial score (nSPS) is 24.8. The van der Waals surface area contributed by atoms with Gasteiger partial charge in [0.1, 0.15) is 11.9 Å². The van der Waals surface area contributed by atoms with Gasteiger partial charge in [0.15, 0.2) is 6.17 Å². The van der Waals surface area contributed by atoms with Crippen molar-refractivity contribution in [3.63, 3.8) is 0 Å². The van der Waals surface area contributed by atoms with Crippen LogP contribution in [-0.2, 0) is 4.74 Å². The van der Waals surface area contributed by atoms with Gasteiger partial charge >= 0.3 is 6.09 Å². The topological polar surface area (TPSA) is 63.2 Å². The van der Waals surface area contributed by atoms with Crippen LogP contribution in [0.25, 0.3) is 0 Å². The summed E-state index contributed by atoms with van der Waals surface area (Å²) in [6.07, 6.45) is 2.95. The summed E-state index contributed by atoms with van der Waals surface area (Å²) in [5, 5.41) is 5.53. The molecular formula is C18H26Cl3N3O2. The molecule has 0 saturated heterocycles. The van der Waals surface area contributed by atoms with E-state index in [1.807, 2.05) is 0 Å². The molecule has 0 radical (unpaired) electrons. The Morgan fingerprint density at radius 3 is 2.62 bits per heavy atom. The average Bonchev–Trinajstić information content (AvgIpc) is 2.54. The van der Waals surface area contributed by atoms with Crippen molar-refractivity contribution in [3.8, 4) is 0 Å². The monoisotopic (exact) mass is 421 g/mol. The van der Waals surface area contributed by atoms with Crippen molar-refractivity contribution in [3.05, 3.63) is 24.4 Å². The largest absolute Gasteiger partial charge is 0.446 e. The minimum Gasteiger partial charge on any atom is -0.446 e. The molecule has 4 atom stereocenters. The zero-order valence-corrected chi connectivity index (χ0v) is 17.5. The summed E-state index contributed by atoms with van der Waals surface area (Å²) >= 11 is 18.0. The maximum Gasteiger partial charge on any atom is 0.409 e. The minimum absolute atomic E-state index is 0.135. The van der Waals surface area contributed by atoms with Crippen LogP contribution >= 0.6 is 34.8 Å². The molecule has 0 bridgehead atoms. The Kier molecular flexibility index (Phi) is 7.68. The SMILES string of the molecule is CC(C)[C@H]1CC[C@@H](C)C[C@@H]1OC(=O)N[C@H](Nc1ccccn1)C(Cl)(Cl)Cl. The van der Waals surface area contributed by atoms with E-state index in [0.29, 0.717) is 23.6 Å². The number of ether oxygens (including phenoxy) is 1. The Morgan fingerprint density at radius 1 is 1.31 bits per heavy atom. The molecule has 1 heterocycles. The van der Waals surface area contributed by atoms with E-state index in [2.05, 4.69) is 36.4 Å². The minimum atomic E-state index is -1.77. The third-order valence-corrected chi connectivity index (χ3v) is 5.42. The van der Waals surface area contributed by atoms with Crippen LogP contribution in [0, 0.1) is 17.8 Å². The fourth-order valence-corrected chi connectivity index (χ4v) is 3.66. The summed E-state index contributed by atoms with van der Waals surface area (Å²) in [7, 11) is 0. The first-order valence-corrected chi connectivity index (χ1v) is 10.0. The highest BCUT2D eigenvalue weighted by atomic mass is 35.6. The predicted octanol–water partition coefficient (Wildman–Crippen LogP) is 5.38. The number of rotatable bonds is 5. The Balaban J connectivity index is 2.01. The molecule has 2 rings (SSSR count). The van der Waals surface area contributed by atoms with Gasteiger partial charge in [-0.1, -0.05) is 68.1 Å². The number of aromatic nitrogens is 1. The number of alkyl halides is 3. The molecule has 26 heavy (non-hydrogen) atoms. The molecule has 146 valence electrons. The van der Waals surface area contributed by atoms with E-state index in [9.17, 15) is 4.79 Å². The molecule has 2 N–H and O–H groups in total. The van der Waals surface area contributed by atoms with E-state index in [4.69, 9.17) is 39.5 Å². The number of nitrogens with one attached hydrogen (secondary N) is 2. The van der Waals surface area contributed by atoms with Crippen LogP contribution in [0.15, 0.2) is 24.4 Å². The molecule has 1 fully saturated rings. The van der Waals surface area contributed by atoms with Gasteiger partial charge in [0, 0.05) is 6.20 Å². The van der Waals surface area contributed by atoms with Crippen molar-refractivity contribution in [2.45, 2.75) is 56.1 Å². The van der Waals surface area contributed by atoms with Crippen LogP contribution in [0.3, 0.4) is 0 Å². The standard InChI is InChI=1S/C18H26Cl3N3O2/c1-11(2)13-8-7-12(3)10-14(13)26-17(25)24-16(18(19,20)21)23-15-6-4-5-9-22-15/h4-6,9,11-14,16H,7-8,10H2,1-3H3,(H,22,23)(H,24,25)/t12-,13-,14+,16+/m1/s1. The van der Waals surface area contributed by atoms with Crippen molar-refractivity contribution >= 4 is 46.7 Å². The van der Waals surface area contributed by atoms with E-state index >= 15 is 0 Å². The smallest absolute Gasteiger partial charge is 0.409 e. The van der Waals surface area contributed by atoms with Crippen LogP contribution in [-0.4, -0.2) is 27.1 Å². The molecule has 1 saturated carbocycles. The molecule has 0 spiro atoms. The summed E-state index contributed by atoms with van der Waals surface area (Å²) in [4.78, 5) is 16.6. The highest BCUT2D eigenvalue weighted by Gasteiger charge is 2.37. The highest BCUT2D eigenvalue weighted by Crippen LogP contribution is 2.36. The van der Waals surface area contributed by atoms with Gasteiger partial charge < -0.3 is 10.1 Å². The van der Waals surface area contributed by atoms with Crippen LogP contribution in [0.5, 0.6) is 0 Å². The second-order valence-corrected chi connectivity index (χ2v) is 9.62. The fourth-order valence-electron chi connectivity index (χ4n) is 3.34. The Hall–Kier alpha value is -0.910. The van der Waals surface area contributed by atoms with Crippen molar-refractivity contribution in [1.29, 1.82) is 0 Å². The van der Waals surface area contributed by atoms with Crippen LogP contribution in [0.2, 0.25) is 0 Å². The first-order chi connectivity index (χ1) is 12.2. The van der Waals surface area contributed by atoms with Crippen molar-refractivity contribution in [2.75, 3.05) is 5.32 Å². The van der Waals surface area contributed by atoms with Gasteiger partial charge in [-0.2, -0.15) is 0 Å². The van der Waals surface area contributed by atoms with Crippen molar-refractivity contribution in [2.24, 2.45) is 17.8 Å². The molecule has 1 amide bonds. The second kappa shape index (κ2) is 9.34. The molecule has 1 aliphatic carbocycles. The summed E-state index contributed by atoms with van der Waals surface area (Å²) in [6.45, 7) is 6.49. The van der Waals surface area contributed by atoms with Gasteiger partial charge in [0.2, 0.25) is 3.79 Å². The fraction of sp³-hybridized carbons (Fsp3) is 0.667. The van der Waals surface area contributed by atoms with E-state index < -0.39 is 16.1 Å². The van der Waals surface area contributed by atoms with Gasteiger partial charge in [0.25, 0.3) is 0 Å². The molecular weight excluding hydrogens is 397 g/mol. The summed E-state index contributed by atoms with van der Waals surface area (Å²) < 4.78 is 3.94. The summed E-state index contributed by atoms with van der Waals surface area (Å²) in [6, 6.07) is 5.28. The van der Waals surface area contributed by atoms with Crippen LogP contribution in [0.4, 0.5) is 10.6 Å². The first-order valence-electron chi connectivity index (χ1n) is 8.88. The lowest BCUT2D eigenvalue weighted by Crippen LogP contribution is -2.51. The number of amides is 1. The molecule has 1 aromatic rings. The lowest BCUT2D eigenvalue weighted by atomic mass is 9.75. The third kappa shape index (κ3) is 6.36. The number of alkyl carbamates (subject to hydrolysis) is 1. The van der Waals surface area contributed by atoms with Crippen LogP contribution < -0.4 is 10.6 Å². The number of hydrogen-bond acceptors (Lipinski definition) is 4. The van der Waals surface area contributed by atoms with Gasteiger partial charge in [-0.3, -0.25) is 5.32 Å². The molecule has 0 aliphatic heterocycles. The van der Waals surface area contributed by atoms with Gasteiger partial charge in [-0.15, -0.1) is 0 Å². The number of carbonyl (C=O) groups excluding carboxylic acids is 1. The van der Waals surface area contributed by atoms with E-state index in [-0.39, 0.29) is 6.10 Å². The lowest BCUT2D eigenvalue weighted by Gasteiger charge is -2.37. The number of hydrogen-bond donors (Lipinski definition) is 2. The van der Waals surface area contributed by atoms with E-state index in [1.165, 1.54) is 0 Å². The zero-order valence-electron chi connectivity index (χ0n) is 15.2. The number of nitrogens with zero attached hydrogens (tertiary/aromatic N) is 1. The Bertz CT molecular complexity index is 581. The van der Waals surface area contributed by atoms with Gasteiger partial charge in [0.05, 0.1) is 0 Å². The number of pyridine rings is 1. The summed E-state index contributed by atoms with van der Waals surface area (Å²) in [5.41, 5.74) is 0. The van der Waals surface area contributed by atoms with E-state index in [1.54, 1.807) is 24.4 Å². The summed E-state index contributed by atoms with van der Waals surface area (Å²) in [5.74, 6) is 1.79. The first kappa shape index (κ1) is 21.4. The predicted molar refractivity (Wildman–Crippen MR) is 107 cm³/mol. The lowest BCUT2D eigenvalue weighted by molar-refractivity contribution is 0.00534. The maximum atomic E-state index is 12.5. The number of halogens is 3. The van der Waals surface area contributed by atoms with Crippen LogP contribution in [0.1, 0.15) is 40.0 Å². The van der Waals surface area contributed by atoms with Gasteiger partial charge in [-0.05, 0) is 42.7 Å². The Morgan fingerprint density at radius 2 is 2.04 bits per heavy atom. The average molecular weight is 423 g/mol. The molecule has 5 nitrogen and oxygen atoms in total. The number of carbonyl (C=O) groups is 1. The molecule has 1 aromatic heterocycles. The molecule has 0 aromatic carbocycles. The maximum absolute atomic E-state index is 12.5. The third-order valence-electron chi connectivity index (χ3n) is 4.77. The van der Waals surface area contributed by atoms with E-state index in [0.717, 1.165) is 19.3 Å². The Labute approximate surface area is 170 Å². The zero-order chi connectivity index (χ0) is 19.3. The van der Waals surface area contributed by atoms with Crippen molar-refractivity contribution in [1.82, 2.24) is 10.3 Å². The highest BCUT2D eigenvalue weighted by molar-refractivity contribution is 6.68. The molecule has 1 aliphatic rings. The number of anilines is 1. The second-order valence-electron chi connectivity index (χ2n) is 7.25. The van der Waals surface area contributed by atoms with Gasteiger partial charge in [-0.25, -0.2) is 9.78 Å². The molecule has 0 unspecified atom stereocenters. The quantitative estimate of drug-likeness (QED) is 0.494. The molecule has 8 heteroatoms.